The molecule has 0 aliphatic carbocycles. The van der Waals surface area contributed by atoms with Crippen molar-refractivity contribution in [2.24, 2.45) is 5.92 Å². The fraction of sp³-hybridized carbons (Fsp3) is 0.435. The molecule has 1 saturated heterocycles. The average Bonchev–Trinajstić information content (AvgIpc) is 3.29. The Morgan fingerprint density at radius 3 is 2.58 bits per heavy atom. The van der Waals surface area contributed by atoms with Crippen LogP contribution in [0.4, 0.5) is 0 Å². The maximum absolute atomic E-state index is 12.8. The first-order valence-corrected chi connectivity index (χ1v) is 12.3. The number of aliphatic hydroxyl groups excluding tert-OH is 1. The number of nitrogens with zero attached hydrogens (tertiary/aromatic N) is 1. The van der Waals surface area contributed by atoms with Crippen LogP contribution >= 0.6 is 0 Å². The third-order valence-corrected chi connectivity index (χ3v) is 7.69. The fourth-order valence-electron chi connectivity index (χ4n) is 3.80. The molecule has 0 radical (unpaired) electrons. The Morgan fingerprint density at radius 2 is 1.85 bits per heavy atom. The number of aliphatic hydroxyl groups is 1. The van der Waals surface area contributed by atoms with Crippen molar-refractivity contribution in [2.45, 2.75) is 30.8 Å². The van der Waals surface area contributed by atoms with Crippen molar-refractivity contribution in [3.63, 3.8) is 0 Å². The van der Waals surface area contributed by atoms with Crippen LogP contribution in [0.25, 0.3) is 0 Å². The SMILES string of the molecule is Cc1ccc(S(=O)(=O)N2CCC(C(=O)NCC(O)COc3ccc4c(c3)OCO4)CC2)cc1. The standard InChI is InChI=1S/C23H28N2O7S/c1-16-2-5-20(6-3-16)33(28,29)25-10-8-17(9-11-25)23(27)24-13-18(26)14-30-19-4-7-21-22(12-19)32-15-31-21/h2-7,12,17-18,26H,8-11,13-15H2,1H3,(H,24,27). The van der Waals surface area contributed by atoms with Crippen LogP contribution in [-0.4, -0.2) is 62.9 Å². The van der Waals surface area contributed by atoms with Gasteiger partial charge in [0.1, 0.15) is 18.5 Å². The number of nitrogens with one attached hydrogen (secondary N) is 1. The molecule has 2 aromatic rings. The van der Waals surface area contributed by atoms with Crippen molar-refractivity contribution >= 4 is 15.9 Å². The molecular formula is C23H28N2O7S. The van der Waals surface area contributed by atoms with Gasteiger partial charge in [0, 0.05) is 31.6 Å². The van der Waals surface area contributed by atoms with Crippen molar-refractivity contribution in [3.05, 3.63) is 48.0 Å². The molecule has 2 N–H and O–H groups in total. The molecule has 2 aromatic carbocycles. The van der Waals surface area contributed by atoms with E-state index in [9.17, 15) is 18.3 Å². The molecular weight excluding hydrogens is 448 g/mol. The summed E-state index contributed by atoms with van der Waals surface area (Å²) in [4.78, 5) is 12.8. The maximum Gasteiger partial charge on any atom is 0.243 e. The summed E-state index contributed by atoms with van der Waals surface area (Å²) in [7, 11) is -3.56. The smallest absolute Gasteiger partial charge is 0.243 e. The number of rotatable bonds is 8. The van der Waals surface area contributed by atoms with Gasteiger partial charge in [-0.3, -0.25) is 4.79 Å². The summed E-state index contributed by atoms with van der Waals surface area (Å²) in [6.07, 6.45) is -0.0251. The van der Waals surface area contributed by atoms with Crippen LogP contribution in [-0.2, 0) is 14.8 Å². The van der Waals surface area contributed by atoms with Crippen LogP contribution in [0.1, 0.15) is 18.4 Å². The van der Waals surface area contributed by atoms with E-state index in [0.717, 1.165) is 5.56 Å². The van der Waals surface area contributed by atoms with Gasteiger partial charge in [-0.1, -0.05) is 17.7 Å². The first-order chi connectivity index (χ1) is 15.8. The molecule has 2 aliphatic heterocycles. The zero-order chi connectivity index (χ0) is 23.4. The van der Waals surface area contributed by atoms with Gasteiger partial charge in [0.05, 0.1) is 4.90 Å². The van der Waals surface area contributed by atoms with Gasteiger partial charge in [-0.15, -0.1) is 0 Å². The quantitative estimate of drug-likeness (QED) is 0.596. The number of piperidine rings is 1. The summed E-state index contributed by atoms with van der Waals surface area (Å²) < 4.78 is 43.1. The Balaban J connectivity index is 1.20. The summed E-state index contributed by atoms with van der Waals surface area (Å²) in [6.45, 7) is 2.69. The molecule has 33 heavy (non-hydrogen) atoms. The molecule has 178 valence electrons. The van der Waals surface area contributed by atoms with E-state index in [4.69, 9.17) is 14.2 Å². The fourth-order valence-corrected chi connectivity index (χ4v) is 5.27. The van der Waals surface area contributed by atoms with Crippen LogP contribution in [0.2, 0.25) is 0 Å². The van der Waals surface area contributed by atoms with Crippen LogP contribution in [0.15, 0.2) is 47.4 Å². The highest BCUT2D eigenvalue weighted by molar-refractivity contribution is 7.89. The third kappa shape index (κ3) is 5.58. The van der Waals surface area contributed by atoms with Crippen molar-refractivity contribution in [1.29, 1.82) is 0 Å². The highest BCUT2D eigenvalue weighted by Crippen LogP contribution is 2.35. The van der Waals surface area contributed by atoms with Crippen molar-refractivity contribution < 1.29 is 32.5 Å². The van der Waals surface area contributed by atoms with Gasteiger partial charge >= 0.3 is 0 Å². The molecule has 1 amide bonds. The van der Waals surface area contributed by atoms with E-state index in [0.29, 0.717) is 30.1 Å². The molecule has 2 aliphatic rings. The van der Waals surface area contributed by atoms with Crippen molar-refractivity contribution in [1.82, 2.24) is 9.62 Å². The highest BCUT2D eigenvalue weighted by Gasteiger charge is 2.32. The molecule has 1 unspecified atom stereocenters. The number of amides is 1. The Kier molecular flexibility index (Phi) is 7.06. The maximum atomic E-state index is 12.8. The second kappa shape index (κ2) is 9.98. The van der Waals surface area contributed by atoms with E-state index >= 15 is 0 Å². The Morgan fingerprint density at radius 1 is 1.15 bits per heavy atom. The summed E-state index contributed by atoms with van der Waals surface area (Å²) in [5.74, 6) is 1.28. The number of carbonyl (C=O) groups excluding carboxylic acids is 1. The van der Waals surface area contributed by atoms with Crippen LogP contribution in [0.5, 0.6) is 17.2 Å². The van der Waals surface area contributed by atoms with E-state index in [2.05, 4.69) is 5.32 Å². The van der Waals surface area contributed by atoms with Gasteiger partial charge in [-0.05, 0) is 44.0 Å². The zero-order valence-electron chi connectivity index (χ0n) is 18.4. The molecule has 1 fully saturated rings. The van der Waals surface area contributed by atoms with E-state index < -0.39 is 16.1 Å². The number of sulfonamides is 1. The summed E-state index contributed by atoms with van der Waals surface area (Å²) in [5, 5.41) is 12.9. The van der Waals surface area contributed by atoms with E-state index in [1.54, 1.807) is 42.5 Å². The van der Waals surface area contributed by atoms with E-state index in [-0.39, 0.29) is 49.8 Å². The lowest BCUT2D eigenvalue weighted by Gasteiger charge is -2.30. The third-order valence-electron chi connectivity index (χ3n) is 5.78. The van der Waals surface area contributed by atoms with E-state index in [1.165, 1.54) is 4.31 Å². The Hall–Kier alpha value is -2.82. The lowest BCUT2D eigenvalue weighted by atomic mass is 9.97. The van der Waals surface area contributed by atoms with Crippen LogP contribution in [0, 0.1) is 12.8 Å². The summed E-state index contributed by atoms with van der Waals surface area (Å²) >= 11 is 0. The lowest BCUT2D eigenvalue weighted by Crippen LogP contribution is -2.44. The average molecular weight is 477 g/mol. The summed E-state index contributed by atoms with van der Waals surface area (Å²) in [5.41, 5.74) is 0.993. The minimum atomic E-state index is -3.56. The molecule has 0 bridgehead atoms. The second-order valence-electron chi connectivity index (χ2n) is 8.22. The van der Waals surface area contributed by atoms with Gasteiger partial charge in [0.25, 0.3) is 0 Å². The minimum absolute atomic E-state index is 0.00710. The number of ether oxygens (including phenoxy) is 3. The molecule has 10 heteroatoms. The Labute approximate surface area is 193 Å². The van der Waals surface area contributed by atoms with Gasteiger partial charge in [-0.2, -0.15) is 4.31 Å². The largest absolute Gasteiger partial charge is 0.491 e. The topological polar surface area (TPSA) is 114 Å². The van der Waals surface area contributed by atoms with Gasteiger partial charge in [-0.25, -0.2) is 8.42 Å². The number of hydrogen-bond donors (Lipinski definition) is 2. The number of carbonyl (C=O) groups is 1. The molecule has 1 atom stereocenters. The minimum Gasteiger partial charge on any atom is -0.491 e. The lowest BCUT2D eigenvalue weighted by molar-refractivity contribution is -0.126. The number of fused-ring (bicyclic) bond motifs is 1. The van der Waals surface area contributed by atoms with Crippen LogP contribution < -0.4 is 19.5 Å². The molecule has 4 rings (SSSR count). The predicted molar refractivity (Wildman–Crippen MR) is 120 cm³/mol. The predicted octanol–water partition coefficient (Wildman–Crippen LogP) is 1.68. The number of aryl methyl sites for hydroxylation is 1. The molecule has 0 saturated carbocycles. The first kappa shape index (κ1) is 23.3. The van der Waals surface area contributed by atoms with Gasteiger partial charge in [0.2, 0.25) is 22.7 Å². The summed E-state index contributed by atoms with van der Waals surface area (Å²) in [6, 6.07) is 11.9. The monoisotopic (exact) mass is 476 g/mol. The molecule has 2 heterocycles. The molecule has 9 nitrogen and oxygen atoms in total. The van der Waals surface area contributed by atoms with Crippen molar-refractivity contribution in [2.75, 3.05) is 33.0 Å². The van der Waals surface area contributed by atoms with Crippen LogP contribution in [0.3, 0.4) is 0 Å². The molecule has 0 aromatic heterocycles. The first-order valence-electron chi connectivity index (χ1n) is 10.9. The van der Waals surface area contributed by atoms with Gasteiger partial charge < -0.3 is 24.6 Å². The normalized spacial score (nSPS) is 17.5. The van der Waals surface area contributed by atoms with Crippen molar-refractivity contribution in [3.8, 4) is 17.2 Å². The van der Waals surface area contributed by atoms with E-state index in [1.807, 2.05) is 6.92 Å². The number of hydrogen-bond acceptors (Lipinski definition) is 7. The zero-order valence-corrected chi connectivity index (χ0v) is 19.2. The molecule has 0 spiro atoms. The highest BCUT2D eigenvalue weighted by atomic mass is 32.2. The Bertz CT molecular complexity index is 1080. The second-order valence-corrected chi connectivity index (χ2v) is 10.2. The number of benzene rings is 2. The van der Waals surface area contributed by atoms with Gasteiger partial charge in [0.15, 0.2) is 11.5 Å².